The van der Waals surface area contributed by atoms with E-state index in [0.717, 1.165) is 6.42 Å². The van der Waals surface area contributed by atoms with Gasteiger partial charge in [0.05, 0.1) is 6.10 Å². The van der Waals surface area contributed by atoms with Crippen LogP contribution in [0.1, 0.15) is 6.42 Å². The standard InChI is InChI=1S/C5H10O/c1-4-5(2)6-3/h5H,1-2,4H2,3H3. The van der Waals surface area contributed by atoms with Gasteiger partial charge in [0.2, 0.25) is 0 Å². The average molecular weight is 86.1 g/mol. The van der Waals surface area contributed by atoms with Gasteiger partial charge >= 0.3 is 0 Å². The Morgan fingerprint density at radius 1 is 1.83 bits per heavy atom. The third-order valence-corrected chi connectivity index (χ3v) is 0.655. The maximum Gasteiger partial charge on any atom is 0.0572 e. The number of ether oxygens (including phenoxy) is 1. The summed E-state index contributed by atoms with van der Waals surface area (Å²) in [6, 6.07) is 0. The summed E-state index contributed by atoms with van der Waals surface area (Å²) in [5.74, 6) is 0. The topological polar surface area (TPSA) is 9.23 Å². The molecule has 0 aromatic heterocycles. The second-order valence-electron chi connectivity index (χ2n) is 1.15. The summed E-state index contributed by atoms with van der Waals surface area (Å²) in [5.41, 5.74) is 0. The van der Waals surface area contributed by atoms with E-state index >= 15 is 0 Å². The lowest BCUT2D eigenvalue weighted by molar-refractivity contribution is 0.141. The Balaban J connectivity index is 2.75. The highest BCUT2D eigenvalue weighted by Crippen LogP contribution is 1.88. The first-order valence-corrected chi connectivity index (χ1v) is 1.96. The summed E-state index contributed by atoms with van der Waals surface area (Å²) >= 11 is 0. The smallest absolute Gasteiger partial charge is 0.0572 e. The normalized spacial score (nSPS) is 14.5. The monoisotopic (exact) mass is 86.1 g/mol. The molecule has 0 aliphatic heterocycles. The van der Waals surface area contributed by atoms with Crippen molar-refractivity contribution >= 4 is 0 Å². The highest BCUT2D eigenvalue weighted by atomic mass is 16.5. The van der Waals surface area contributed by atoms with E-state index in [2.05, 4.69) is 13.8 Å². The molecule has 0 fully saturated rings. The molecule has 36 valence electrons. The van der Waals surface area contributed by atoms with Crippen LogP contribution in [0.3, 0.4) is 0 Å². The van der Waals surface area contributed by atoms with Crippen molar-refractivity contribution in [3.05, 3.63) is 13.8 Å². The third kappa shape index (κ3) is 2.21. The van der Waals surface area contributed by atoms with Gasteiger partial charge in [0, 0.05) is 7.11 Å². The summed E-state index contributed by atoms with van der Waals surface area (Å²) in [6.07, 6.45) is 0.821. The lowest BCUT2D eigenvalue weighted by Gasteiger charge is -2.01. The fourth-order valence-electron chi connectivity index (χ4n) is 0.118. The van der Waals surface area contributed by atoms with E-state index in [4.69, 9.17) is 4.74 Å². The van der Waals surface area contributed by atoms with Crippen molar-refractivity contribution in [2.24, 2.45) is 0 Å². The molecule has 1 heteroatoms. The summed E-state index contributed by atoms with van der Waals surface area (Å²) in [7, 11) is 1.63. The Bertz CT molecular complexity index is 23.1. The molecule has 6 heavy (non-hydrogen) atoms. The largest absolute Gasteiger partial charge is 0.381 e. The lowest BCUT2D eigenvalue weighted by Crippen LogP contribution is -2.00. The number of rotatable bonds is 2. The van der Waals surface area contributed by atoms with Crippen molar-refractivity contribution in [1.82, 2.24) is 0 Å². The van der Waals surface area contributed by atoms with Gasteiger partial charge in [0.25, 0.3) is 0 Å². The first kappa shape index (κ1) is 5.96. The Kier molecular flexibility index (Phi) is 3.14. The van der Waals surface area contributed by atoms with Crippen LogP contribution in [-0.2, 0) is 4.74 Å². The third-order valence-electron chi connectivity index (χ3n) is 0.655. The van der Waals surface area contributed by atoms with E-state index in [0.29, 0.717) is 0 Å². The van der Waals surface area contributed by atoms with Gasteiger partial charge in [-0.2, -0.15) is 0 Å². The second-order valence-corrected chi connectivity index (χ2v) is 1.15. The minimum Gasteiger partial charge on any atom is -0.381 e. The summed E-state index contributed by atoms with van der Waals surface area (Å²) < 4.78 is 4.73. The molecule has 0 aliphatic rings. The van der Waals surface area contributed by atoms with Crippen molar-refractivity contribution < 1.29 is 4.74 Å². The molecule has 0 amide bonds. The summed E-state index contributed by atoms with van der Waals surface area (Å²) in [5, 5.41) is 0. The Morgan fingerprint density at radius 3 is 2.33 bits per heavy atom. The average Bonchev–Trinajstić information content (AvgIpc) is 1.65. The van der Waals surface area contributed by atoms with E-state index in [1.807, 2.05) is 0 Å². The van der Waals surface area contributed by atoms with Crippen LogP contribution in [0.2, 0.25) is 0 Å². The van der Waals surface area contributed by atoms with Gasteiger partial charge in [-0.1, -0.05) is 6.92 Å². The molecule has 0 bridgehead atoms. The minimum atomic E-state index is 0.0741. The molecule has 1 atom stereocenters. The number of methoxy groups -OCH3 is 1. The van der Waals surface area contributed by atoms with Crippen LogP contribution in [0, 0.1) is 13.8 Å². The molecule has 0 aromatic carbocycles. The van der Waals surface area contributed by atoms with Gasteiger partial charge in [-0.15, -0.1) is 0 Å². The highest BCUT2D eigenvalue weighted by molar-refractivity contribution is 4.58. The van der Waals surface area contributed by atoms with Gasteiger partial charge in [0.1, 0.15) is 0 Å². The molecule has 0 saturated carbocycles. The van der Waals surface area contributed by atoms with Crippen LogP contribution in [0.4, 0.5) is 0 Å². The lowest BCUT2D eigenvalue weighted by atomic mass is 10.3. The van der Waals surface area contributed by atoms with Crippen LogP contribution in [0.25, 0.3) is 0 Å². The zero-order valence-corrected chi connectivity index (χ0v) is 4.11. The molecule has 0 heterocycles. The van der Waals surface area contributed by atoms with Crippen molar-refractivity contribution in [2.75, 3.05) is 7.11 Å². The van der Waals surface area contributed by atoms with Gasteiger partial charge in [-0.25, -0.2) is 0 Å². The molecule has 0 spiro atoms. The van der Waals surface area contributed by atoms with Crippen LogP contribution < -0.4 is 0 Å². The maximum absolute atomic E-state index is 4.73. The first-order valence-electron chi connectivity index (χ1n) is 1.96. The molecule has 0 N–H and O–H groups in total. The van der Waals surface area contributed by atoms with Crippen LogP contribution >= 0.6 is 0 Å². The van der Waals surface area contributed by atoms with Crippen molar-refractivity contribution in [3.8, 4) is 0 Å². The Hall–Kier alpha value is -0.0400. The fraction of sp³-hybridized carbons (Fsp3) is 0.600. The van der Waals surface area contributed by atoms with E-state index in [1.54, 1.807) is 7.11 Å². The van der Waals surface area contributed by atoms with Crippen LogP contribution in [0.15, 0.2) is 0 Å². The van der Waals surface area contributed by atoms with Crippen molar-refractivity contribution in [1.29, 1.82) is 0 Å². The van der Waals surface area contributed by atoms with Crippen molar-refractivity contribution in [3.63, 3.8) is 0 Å². The molecule has 0 aliphatic carbocycles. The predicted molar refractivity (Wildman–Crippen MR) is 26.1 cm³/mol. The van der Waals surface area contributed by atoms with Gasteiger partial charge in [-0.05, 0) is 13.3 Å². The molecule has 1 unspecified atom stereocenters. The van der Waals surface area contributed by atoms with Gasteiger partial charge < -0.3 is 4.74 Å². The quantitative estimate of drug-likeness (QED) is 0.488. The summed E-state index contributed by atoms with van der Waals surface area (Å²) in [4.78, 5) is 0. The SMILES string of the molecule is [CH2]CC([CH2])OC. The van der Waals surface area contributed by atoms with Crippen LogP contribution in [-0.4, -0.2) is 13.2 Å². The van der Waals surface area contributed by atoms with Gasteiger partial charge in [0.15, 0.2) is 0 Å². The van der Waals surface area contributed by atoms with Crippen molar-refractivity contribution in [2.45, 2.75) is 12.5 Å². The molecule has 2 radical (unpaired) electrons. The Labute approximate surface area is 39.3 Å². The zero-order chi connectivity index (χ0) is 4.99. The maximum atomic E-state index is 4.73. The second kappa shape index (κ2) is 3.16. The highest BCUT2D eigenvalue weighted by Gasteiger charge is 1.88. The van der Waals surface area contributed by atoms with Gasteiger partial charge in [-0.3, -0.25) is 0 Å². The summed E-state index contributed by atoms with van der Waals surface area (Å²) in [6.45, 7) is 7.16. The molecule has 1 nitrogen and oxygen atoms in total. The zero-order valence-electron chi connectivity index (χ0n) is 4.11. The molecular formula is C5H10O. The van der Waals surface area contributed by atoms with E-state index in [9.17, 15) is 0 Å². The van der Waals surface area contributed by atoms with E-state index in [-0.39, 0.29) is 6.10 Å². The molecule has 0 rings (SSSR count). The molecular weight excluding hydrogens is 76.1 g/mol. The molecule has 0 aromatic rings. The Morgan fingerprint density at radius 2 is 2.33 bits per heavy atom. The van der Waals surface area contributed by atoms with E-state index < -0.39 is 0 Å². The number of hydrogen-bond donors (Lipinski definition) is 0. The van der Waals surface area contributed by atoms with Crippen LogP contribution in [0.5, 0.6) is 0 Å². The molecule has 0 saturated heterocycles. The fourth-order valence-corrected chi connectivity index (χ4v) is 0.118. The van der Waals surface area contributed by atoms with E-state index in [1.165, 1.54) is 0 Å². The first-order chi connectivity index (χ1) is 2.81. The minimum absolute atomic E-state index is 0.0741. The number of hydrogen-bond acceptors (Lipinski definition) is 1. The predicted octanol–water partition coefficient (Wildman–Crippen LogP) is 1.06.